The van der Waals surface area contributed by atoms with Gasteiger partial charge in [0, 0.05) is 0 Å². The van der Waals surface area contributed by atoms with Crippen LogP contribution in [0.1, 0.15) is 18.4 Å². The number of carbonyl (C=O) groups is 3. The quantitative estimate of drug-likeness (QED) is 0.796. The van der Waals surface area contributed by atoms with Gasteiger partial charge in [-0.25, -0.2) is 4.79 Å². The Bertz CT molecular complexity index is 502. The number of hydrogen-bond donors (Lipinski definition) is 2. The van der Waals surface area contributed by atoms with Crippen LogP contribution in [0.2, 0.25) is 0 Å². The van der Waals surface area contributed by atoms with E-state index in [9.17, 15) is 14.4 Å². The second-order valence-corrected chi connectivity index (χ2v) is 4.60. The van der Waals surface area contributed by atoms with Crippen molar-refractivity contribution in [2.45, 2.75) is 25.3 Å². The van der Waals surface area contributed by atoms with Gasteiger partial charge < -0.3 is 19.9 Å². The summed E-state index contributed by atoms with van der Waals surface area (Å²) in [6.07, 6.45) is 0.325. The molecule has 1 amide bonds. The van der Waals surface area contributed by atoms with Crippen LogP contribution >= 0.6 is 0 Å². The standard InChI is InChI=1S/C10H11NO2.C5H8O4/c12-10-11-9(7-13-10)6-8-4-2-1-3-5-8;1-9-5(8)3-2-4(6)7/h1-5,9H,6-7H2,(H,11,12);2-3H2,1H3,(H,6,7)/t9-;/m1./s1. The van der Waals surface area contributed by atoms with Crippen LogP contribution in [0.3, 0.4) is 0 Å². The fourth-order valence-electron chi connectivity index (χ4n) is 1.75. The summed E-state index contributed by atoms with van der Waals surface area (Å²) >= 11 is 0. The van der Waals surface area contributed by atoms with Gasteiger partial charge in [-0.15, -0.1) is 0 Å². The lowest BCUT2D eigenvalue weighted by Crippen LogP contribution is -2.28. The van der Waals surface area contributed by atoms with Gasteiger partial charge in [0.1, 0.15) is 6.61 Å². The van der Waals surface area contributed by atoms with E-state index in [4.69, 9.17) is 9.84 Å². The van der Waals surface area contributed by atoms with Gasteiger partial charge in [0.25, 0.3) is 0 Å². The molecule has 1 aromatic carbocycles. The van der Waals surface area contributed by atoms with Crippen LogP contribution in [0.4, 0.5) is 4.79 Å². The maximum Gasteiger partial charge on any atom is 0.407 e. The molecule has 120 valence electrons. The van der Waals surface area contributed by atoms with Gasteiger partial charge in [0.15, 0.2) is 0 Å². The Hall–Kier alpha value is -2.57. The number of nitrogens with one attached hydrogen (secondary N) is 1. The zero-order valence-electron chi connectivity index (χ0n) is 12.3. The highest BCUT2D eigenvalue weighted by Gasteiger charge is 2.21. The summed E-state index contributed by atoms with van der Waals surface area (Å²) in [4.78, 5) is 30.8. The monoisotopic (exact) mass is 309 g/mol. The SMILES string of the molecule is COC(=O)CCC(=O)O.O=C1N[C@H](Cc2ccccc2)CO1. The molecule has 1 atom stereocenters. The molecular formula is C15H19NO6. The summed E-state index contributed by atoms with van der Waals surface area (Å²) in [5.74, 6) is -1.47. The van der Waals surface area contributed by atoms with Gasteiger partial charge >= 0.3 is 18.0 Å². The van der Waals surface area contributed by atoms with Gasteiger partial charge in [-0.3, -0.25) is 9.59 Å². The van der Waals surface area contributed by atoms with Crippen LogP contribution in [0.25, 0.3) is 0 Å². The topological polar surface area (TPSA) is 102 Å². The van der Waals surface area contributed by atoms with Crippen LogP contribution in [-0.2, 0) is 25.5 Å². The summed E-state index contributed by atoms with van der Waals surface area (Å²) in [7, 11) is 1.23. The number of esters is 1. The van der Waals surface area contributed by atoms with Crippen molar-refractivity contribution in [1.29, 1.82) is 0 Å². The van der Waals surface area contributed by atoms with Crippen molar-refractivity contribution < 1.29 is 29.0 Å². The van der Waals surface area contributed by atoms with Crippen LogP contribution in [0.5, 0.6) is 0 Å². The minimum atomic E-state index is -0.986. The molecule has 2 rings (SSSR count). The number of rotatable bonds is 5. The fourth-order valence-corrected chi connectivity index (χ4v) is 1.75. The predicted octanol–water partition coefficient (Wildman–Crippen LogP) is 1.36. The first kappa shape index (κ1) is 17.5. The van der Waals surface area contributed by atoms with E-state index in [2.05, 4.69) is 10.1 Å². The van der Waals surface area contributed by atoms with Crippen molar-refractivity contribution in [1.82, 2.24) is 5.32 Å². The van der Waals surface area contributed by atoms with Gasteiger partial charge in [-0.05, 0) is 12.0 Å². The van der Waals surface area contributed by atoms with Crippen LogP contribution in [0, 0.1) is 0 Å². The molecule has 22 heavy (non-hydrogen) atoms. The lowest BCUT2D eigenvalue weighted by Gasteiger charge is -2.05. The smallest absolute Gasteiger partial charge is 0.407 e. The molecule has 1 aliphatic rings. The summed E-state index contributed by atoms with van der Waals surface area (Å²) < 4.78 is 8.99. The van der Waals surface area contributed by atoms with Crippen molar-refractivity contribution in [2.75, 3.05) is 13.7 Å². The Balaban J connectivity index is 0.000000239. The third kappa shape index (κ3) is 7.28. The number of carbonyl (C=O) groups excluding carboxylic acids is 2. The van der Waals surface area contributed by atoms with Crippen molar-refractivity contribution in [3.05, 3.63) is 35.9 Å². The predicted molar refractivity (Wildman–Crippen MR) is 77.3 cm³/mol. The number of amides is 1. The van der Waals surface area contributed by atoms with E-state index in [0.29, 0.717) is 6.61 Å². The average Bonchev–Trinajstić information content (AvgIpc) is 2.91. The zero-order chi connectivity index (χ0) is 16.4. The lowest BCUT2D eigenvalue weighted by atomic mass is 10.1. The van der Waals surface area contributed by atoms with Crippen LogP contribution in [0.15, 0.2) is 30.3 Å². The molecule has 0 spiro atoms. The van der Waals surface area contributed by atoms with E-state index in [0.717, 1.165) is 6.42 Å². The van der Waals surface area contributed by atoms with Crippen LogP contribution in [-0.4, -0.2) is 42.9 Å². The molecule has 1 aromatic rings. The number of methoxy groups -OCH3 is 1. The van der Waals surface area contributed by atoms with Crippen LogP contribution < -0.4 is 5.32 Å². The number of ether oxygens (including phenoxy) is 2. The second kappa shape index (κ2) is 9.38. The number of carboxylic acid groups (broad SMARTS) is 1. The second-order valence-electron chi connectivity index (χ2n) is 4.60. The molecule has 1 fully saturated rings. The Labute approximate surface area is 128 Å². The molecule has 1 aliphatic heterocycles. The molecular weight excluding hydrogens is 290 g/mol. The van der Waals surface area contributed by atoms with Crippen molar-refractivity contribution >= 4 is 18.0 Å². The highest BCUT2D eigenvalue weighted by molar-refractivity contribution is 5.76. The Morgan fingerprint density at radius 1 is 1.32 bits per heavy atom. The molecule has 1 heterocycles. The molecule has 0 radical (unpaired) electrons. The summed E-state index contributed by atoms with van der Waals surface area (Å²) in [5, 5.41) is 10.8. The van der Waals surface area contributed by atoms with E-state index in [1.54, 1.807) is 0 Å². The molecule has 0 aliphatic carbocycles. The molecule has 7 heteroatoms. The molecule has 0 saturated carbocycles. The third-order valence-corrected chi connectivity index (χ3v) is 2.83. The van der Waals surface area contributed by atoms with E-state index in [-0.39, 0.29) is 25.0 Å². The summed E-state index contributed by atoms with van der Waals surface area (Å²) in [5.41, 5.74) is 1.22. The van der Waals surface area contributed by atoms with Gasteiger partial charge in [-0.2, -0.15) is 0 Å². The fraction of sp³-hybridized carbons (Fsp3) is 0.400. The number of carboxylic acids is 1. The van der Waals surface area contributed by atoms with Gasteiger partial charge in [-0.1, -0.05) is 30.3 Å². The highest BCUT2D eigenvalue weighted by atomic mass is 16.6. The van der Waals surface area contributed by atoms with E-state index in [1.165, 1.54) is 12.7 Å². The van der Waals surface area contributed by atoms with Gasteiger partial charge in [0.05, 0.1) is 26.0 Å². The number of hydrogen-bond acceptors (Lipinski definition) is 5. The number of alkyl carbamates (subject to hydrolysis) is 1. The molecule has 7 nitrogen and oxygen atoms in total. The average molecular weight is 309 g/mol. The van der Waals surface area contributed by atoms with E-state index in [1.807, 2.05) is 30.3 Å². The van der Waals surface area contributed by atoms with Crippen molar-refractivity contribution in [2.24, 2.45) is 0 Å². The zero-order valence-corrected chi connectivity index (χ0v) is 12.3. The number of cyclic esters (lactones) is 1. The summed E-state index contributed by atoms with van der Waals surface area (Å²) in [6.45, 7) is 0.480. The maximum absolute atomic E-state index is 10.7. The maximum atomic E-state index is 10.7. The lowest BCUT2D eigenvalue weighted by molar-refractivity contribution is -0.145. The molecule has 0 bridgehead atoms. The minimum absolute atomic E-state index is 0.0498. The van der Waals surface area contributed by atoms with E-state index < -0.39 is 11.9 Å². The largest absolute Gasteiger partial charge is 0.481 e. The third-order valence-electron chi connectivity index (χ3n) is 2.83. The van der Waals surface area contributed by atoms with E-state index >= 15 is 0 Å². The highest BCUT2D eigenvalue weighted by Crippen LogP contribution is 2.06. The Morgan fingerprint density at radius 2 is 2.00 bits per heavy atom. The molecule has 2 N–H and O–H groups in total. The Kier molecular flexibility index (Phi) is 7.45. The first-order valence-electron chi connectivity index (χ1n) is 6.77. The normalized spacial score (nSPS) is 15.9. The first-order chi connectivity index (χ1) is 10.5. The van der Waals surface area contributed by atoms with Crippen molar-refractivity contribution in [3.8, 4) is 0 Å². The number of benzene rings is 1. The number of aliphatic carboxylic acids is 1. The minimum Gasteiger partial charge on any atom is -0.481 e. The summed E-state index contributed by atoms with van der Waals surface area (Å²) in [6, 6.07) is 10.2. The van der Waals surface area contributed by atoms with Gasteiger partial charge in [0.2, 0.25) is 0 Å². The van der Waals surface area contributed by atoms with Crippen molar-refractivity contribution in [3.63, 3.8) is 0 Å². The first-order valence-corrected chi connectivity index (χ1v) is 6.77. The Morgan fingerprint density at radius 3 is 2.50 bits per heavy atom. The molecule has 0 aromatic heterocycles. The molecule has 0 unspecified atom stereocenters. The molecule has 1 saturated heterocycles.